The maximum Gasteiger partial charge on any atom is 0.250 e. The number of likely N-dealkylation sites (N-methyl/N-ethyl adjacent to an activating group) is 1. The van der Waals surface area contributed by atoms with E-state index in [0.717, 1.165) is 29.5 Å². The molecular formula is C12H12NO+. The van der Waals surface area contributed by atoms with Crippen molar-refractivity contribution in [2.24, 2.45) is 0 Å². The van der Waals surface area contributed by atoms with Gasteiger partial charge in [-0.2, -0.15) is 0 Å². The summed E-state index contributed by atoms with van der Waals surface area (Å²) >= 11 is 0. The van der Waals surface area contributed by atoms with Gasteiger partial charge in [0.25, 0.3) is 0 Å². The van der Waals surface area contributed by atoms with E-state index in [1.807, 2.05) is 18.2 Å². The number of hydrogen-bond donors (Lipinski definition) is 0. The molecule has 1 aromatic carbocycles. The van der Waals surface area contributed by atoms with Crippen molar-refractivity contribution in [1.82, 2.24) is 4.58 Å². The summed E-state index contributed by atoms with van der Waals surface area (Å²) < 4.78 is 7.72. The average Bonchev–Trinajstić information content (AvgIpc) is 2.19. The molecule has 0 saturated carbocycles. The van der Waals surface area contributed by atoms with Crippen LogP contribution in [0.5, 0.6) is 5.75 Å². The summed E-state index contributed by atoms with van der Waals surface area (Å²) in [6, 6.07) is 5.93. The van der Waals surface area contributed by atoms with E-state index in [0.29, 0.717) is 0 Å². The van der Waals surface area contributed by atoms with Crippen LogP contribution in [0.1, 0.15) is 0 Å². The van der Waals surface area contributed by atoms with Crippen LogP contribution in [0.25, 0.3) is 6.08 Å². The highest BCUT2D eigenvalue weighted by atomic mass is 16.5. The summed E-state index contributed by atoms with van der Waals surface area (Å²) in [6.45, 7) is 1.64. The molecule has 0 atom stereocenters. The molecule has 0 radical (unpaired) electrons. The minimum absolute atomic E-state index is 0.739. The van der Waals surface area contributed by atoms with Crippen molar-refractivity contribution < 1.29 is 4.74 Å². The van der Waals surface area contributed by atoms with E-state index in [1.165, 1.54) is 0 Å². The average molecular weight is 186 g/mol. The lowest BCUT2D eigenvalue weighted by molar-refractivity contribution is 0.280. The standard InChI is InChI=1S/C12H12NO/c1-3-5-10-6-4-7-11-12(10)13(2)8-9-14-11/h1,4-7H,8-9H2,2H3/q+1. The minimum atomic E-state index is 0.739. The van der Waals surface area contributed by atoms with Gasteiger partial charge in [0.1, 0.15) is 13.7 Å². The van der Waals surface area contributed by atoms with E-state index in [4.69, 9.17) is 11.2 Å². The second-order valence-electron chi connectivity index (χ2n) is 3.28. The lowest BCUT2D eigenvalue weighted by Gasteiger charge is -2.09. The maximum absolute atomic E-state index is 5.55. The fourth-order valence-corrected chi connectivity index (χ4v) is 1.67. The summed E-state index contributed by atoms with van der Waals surface area (Å²) in [5.74, 6) is 3.47. The molecule has 0 saturated heterocycles. The molecule has 2 nitrogen and oxygen atoms in total. The van der Waals surface area contributed by atoms with Gasteiger partial charge in [-0.05, 0) is 12.1 Å². The third-order valence-corrected chi connectivity index (χ3v) is 2.34. The molecule has 0 aliphatic carbocycles. The Morgan fingerprint density at radius 2 is 2.43 bits per heavy atom. The van der Waals surface area contributed by atoms with Crippen molar-refractivity contribution in [3.05, 3.63) is 28.8 Å². The number of terminal acetylenes is 1. The summed E-state index contributed by atoms with van der Waals surface area (Å²) in [5, 5.41) is 2.14. The second-order valence-corrected chi connectivity index (χ2v) is 3.28. The zero-order valence-corrected chi connectivity index (χ0v) is 8.16. The normalized spacial score (nSPS) is 15.7. The predicted molar refractivity (Wildman–Crippen MR) is 56.5 cm³/mol. The van der Waals surface area contributed by atoms with Crippen LogP contribution in [0.15, 0.2) is 18.2 Å². The lowest BCUT2D eigenvalue weighted by Crippen LogP contribution is -2.44. The highest BCUT2D eigenvalue weighted by molar-refractivity contribution is 5.44. The van der Waals surface area contributed by atoms with Gasteiger partial charge in [0.15, 0.2) is 12.3 Å². The number of hydrogen-bond acceptors (Lipinski definition) is 1. The molecule has 1 aromatic rings. The molecule has 2 heteroatoms. The molecule has 14 heavy (non-hydrogen) atoms. The molecule has 2 rings (SSSR count). The third-order valence-electron chi connectivity index (χ3n) is 2.34. The van der Waals surface area contributed by atoms with Gasteiger partial charge in [-0.1, -0.05) is 12.0 Å². The number of ether oxygens (including phenoxy) is 1. The quantitative estimate of drug-likeness (QED) is 0.397. The summed E-state index contributed by atoms with van der Waals surface area (Å²) in [4.78, 5) is 0. The molecule has 0 aromatic heterocycles. The van der Waals surface area contributed by atoms with Gasteiger partial charge < -0.3 is 4.74 Å². The highest BCUT2D eigenvalue weighted by Gasteiger charge is 2.13. The Morgan fingerprint density at radius 1 is 1.57 bits per heavy atom. The zero-order valence-electron chi connectivity index (χ0n) is 8.16. The number of benzene rings is 1. The van der Waals surface area contributed by atoms with E-state index in [-0.39, 0.29) is 0 Å². The van der Waals surface area contributed by atoms with E-state index >= 15 is 0 Å². The molecule has 0 spiro atoms. The first kappa shape index (κ1) is 8.83. The van der Waals surface area contributed by atoms with E-state index in [1.54, 1.807) is 6.08 Å². The van der Waals surface area contributed by atoms with Gasteiger partial charge in [0, 0.05) is 6.08 Å². The Labute approximate surface area is 83.1 Å². The van der Waals surface area contributed by atoms with Gasteiger partial charge in [0.05, 0.1) is 5.22 Å². The Kier molecular flexibility index (Phi) is 2.24. The molecule has 1 aliphatic heterocycles. The van der Waals surface area contributed by atoms with Crippen LogP contribution in [0.2, 0.25) is 0 Å². The van der Waals surface area contributed by atoms with Crippen molar-refractivity contribution in [3.8, 4) is 18.1 Å². The smallest absolute Gasteiger partial charge is 0.250 e. The van der Waals surface area contributed by atoms with Crippen LogP contribution in [-0.4, -0.2) is 20.2 Å². The summed E-state index contributed by atoms with van der Waals surface area (Å²) in [6.07, 6.45) is 7.04. The Hall–Kier alpha value is -1.75. The minimum Gasteiger partial charge on any atom is -0.480 e. The first-order valence-electron chi connectivity index (χ1n) is 4.59. The Bertz CT molecular complexity index is 508. The topological polar surface area (TPSA) is 12.2 Å². The van der Waals surface area contributed by atoms with Crippen molar-refractivity contribution in [2.45, 2.75) is 0 Å². The van der Waals surface area contributed by atoms with Gasteiger partial charge in [-0.25, -0.2) is 4.58 Å². The van der Waals surface area contributed by atoms with Gasteiger partial charge >= 0.3 is 0 Å². The van der Waals surface area contributed by atoms with Crippen molar-refractivity contribution in [1.29, 1.82) is 0 Å². The summed E-state index contributed by atoms with van der Waals surface area (Å²) in [5.41, 5.74) is 0. The van der Waals surface area contributed by atoms with Crippen LogP contribution in [0.4, 0.5) is 0 Å². The maximum atomic E-state index is 5.55. The number of para-hydroxylation sites is 1. The monoisotopic (exact) mass is 186 g/mol. The van der Waals surface area contributed by atoms with Crippen LogP contribution < -0.4 is 19.9 Å². The molecule has 1 aliphatic rings. The van der Waals surface area contributed by atoms with Gasteiger partial charge in [-0.3, -0.25) is 0 Å². The number of fused-ring (bicyclic) bond motifs is 1. The van der Waals surface area contributed by atoms with Crippen LogP contribution in [0.3, 0.4) is 0 Å². The van der Waals surface area contributed by atoms with Gasteiger partial charge in [-0.15, -0.1) is 6.42 Å². The molecule has 0 N–H and O–H groups in total. The van der Waals surface area contributed by atoms with E-state index in [9.17, 15) is 0 Å². The fraction of sp³-hybridized carbons (Fsp3) is 0.250. The largest absolute Gasteiger partial charge is 0.480 e. The molecule has 70 valence electrons. The lowest BCUT2D eigenvalue weighted by atomic mass is 10.2. The van der Waals surface area contributed by atoms with Gasteiger partial charge in [0.2, 0.25) is 5.36 Å². The Balaban J connectivity index is 2.87. The van der Waals surface area contributed by atoms with Crippen LogP contribution in [-0.2, 0) is 0 Å². The number of nitrogens with zero attached hydrogens (tertiary/aromatic N) is 1. The molecular weight excluding hydrogens is 174 g/mol. The van der Waals surface area contributed by atoms with Crippen LogP contribution in [0, 0.1) is 12.3 Å². The Morgan fingerprint density at radius 3 is 3.21 bits per heavy atom. The van der Waals surface area contributed by atoms with E-state index < -0.39 is 0 Å². The van der Waals surface area contributed by atoms with Crippen molar-refractivity contribution in [2.75, 3.05) is 20.2 Å². The fourth-order valence-electron chi connectivity index (χ4n) is 1.67. The van der Waals surface area contributed by atoms with Crippen molar-refractivity contribution in [3.63, 3.8) is 0 Å². The predicted octanol–water partition coefficient (Wildman–Crippen LogP) is -0.386. The third kappa shape index (κ3) is 1.38. The first-order valence-corrected chi connectivity index (χ1v) is 4.59. The molecule has 0 amide bonds. The van der Waals surface area contributed by atoms with Crippen molar-refractivity contribution >= 4 is 6.08 Å². The second kappa shape index (κ2) is 3.55. The first-order chi connectivity index (χ1) is 6.83. The SMILES string of the molecule is C#CC=c1cccc2c1=[N+](C)CCO2. The number of rotatable bonds is 0. The summed E-state index contributed by atoms with van der Waals surface area (Å²) in [7, 11) is 2.05. The molecule has 0 fully saturated rings. The molecule has 0 bridgehead atoms. The highest BCUT2D eigenvalue weighted by Crippen LogP contribution is 2.01. The molecule has 0 unspecified atom stereocenters. The molecule has 1 heterocycles. The van der Waals surface area contributed by atoms with Crippen LogP contribution >= 0.6 is 0 Å². The zero-order chi connectivity index (χ0) is 9.97. The van der Waals surface area contributed by atoms with E-state index in [2.05, 4.69) is 17.5 Å².